The van der Waals surface area contributed by atoms with Crippen molar-refractivity contribution in [3.8, 4) is 0 Å². The van der Waals surface area contributed by atoms with E-state index in [1.165, 1.54) is 0 Å². The molecule has 1 aromatic rings. The molecule has 1 aliphatic rings. The van der Waals surface area contributed by atoms with Crippen molar-refractivity contribution in [2.75, 3.05) is 29.5 Å². The van der Waals surface area contributed by atoms with Gasteiger partial charge in [-0.25, -0.2) is 0 Å². The molecule has 1 atom stereocenters. The second-order valence-corrected chi connectivity index (χ2v) is 5.17. The number of hydrogen-bond donors (Lipinski definition) is 1. The third-order valence-corrected chi connectivity index (χ3v) is 4.07. The van der Waals surface area contributed by atoms with Crippen molar-refractivity contribution >= 4 is 29.1 Å². The number of hydrogen-bond acceptors (Lipinski definition) is 3. The largest absolute Gasteiger partial charge is 0.364 e. The lowest BCUT2D eigenvalue weighted by molar-refractivity contribution is 0.655. The maximum Gasteiger partial charge on any atom is 0.0639 e. The molecule has 82 valence electrons. The Morgan fingerprint density at radius 1 is 1.47 bits per heavy atom. The molecule has 1 aliphatic heterocycles. The predicted octanol–water partition coefficient (Wildman–Crippen LogP) is 2.22. The first kappa shape index (κ1) is 11.1. The van der Waals surface area contributed by atoms with Gasteiger partial charge in [0.2, 0.25) is 0 Å². The van der Waals surface area contributed by atoms with Crippen LogP contribution in [0, 0.1) is 0 Å². The molecule has 1 heterocycles. The van der Waals surface area contributed by atoms with Crippen LogP contribution in [0.15, 0.2) is 24.3 Å². The van der Waals surface area contributed by atoms with Crippen molar-refractivity contribution < 1.29 is 0 Å². The third-order valence-electron chi connectivity index (χ3n) is 2.66. The van der Waals surface area contributed by atoms with E-state index in [9.17, 15) is 0 Å². The summed E-state index contributed by atoms with van der Waals surface area (Å²) in [6, 6.07) is 8.41. The quantitative estimate of drug-likeness (QED) is 0.863. The summed E-state index contributed by atoms with van der Waals surface area (Å²) in [6.07, 6.45) is 0. The maximum atomic E-state index is 6.19. The number of rotatable bonds is 2. The van der Waals surface area contributed by atoms with Gasteiger partial charge in [0.25, 0.3) is 0 Å². The van der Waals surface area contributed by atoms with Crippen LogP contribution in [0.3, 0.4) is 0 Å². The Morgan fingerprint density at radius 2 is 2.27 bits per heavy atom. The Morgan fingerprint density at radius 3 is 3.00 bits per heavy atom. The minimum absolute atomic E-state index is 0.420. The summed E-state index contributed by atoms with van der Waals surface area (Å²) in [7, 11) is 0. The predicted molar refractivity (Wildman–Crippen MR) is 69.0 cm³/mol. The first-order valence-corrected chi connectivity index (χ1v) is 6.65. The number of halogens is 1. The fourth-order valence-corrected chi connectivity index (χ4v) is 3.18. The lowest BCUT2D eigenvalue weighted by Gasteiger charge is -2.37. The second-order valence-electron chi connectivity index (χ2n) is 3.61. The Hall–Kier alpha value is -0.380. The van der Waals surface area contributed by atoms with Crippen LogP contribution in [0.5, 0.6) is 0 Å². The van der Waals surface area contributed by atoms with Gasteiger partial charge in [-0.05, 0) is 12.1 Å². The molecule has 0 aromatic heterocycles. The Bertz CT molecular complexity index is 332. The molecule has 15 heavy (non-hydrogen) atoms. The van der Waals surface area contributed by atoms with Gasteiger partial charge in [-0.2, -0.15) is 11.8 Å². The molecule has 0 spiro atoms. The summed E-state index contributed by atoms with van der Waals surface area (Å²) in [5.74, 6) is 2.25. The minimum atomic E-state index is 0.420. The summed E-state index contributed by atoms with van der Waals surface area (Å²) in [6.45, 7) is 1.73. The van der Waals surface area contributed by atoms with E-state index >= 15 is 0 Å². The Balaban J connectivity index is 2.24. The van der Waals surface area contributed by atoms with Gasteiger partial charge in [0.15, 0.2) is 0 Å². The van der Waals surface area contributed by atoms with Gasteiger partial charge in [-0.15, -0.1) is 0 Å². The van der Waals surface area contributed by atoms with Crippen molar-refractivity contribution in [2.24, 2.45) is 5.73 Å². The van der Waals surface area contributed by atoms with E-state index in [1.54, 1.807) is 0 Å². The van der Waals surface area contributed by atoms with Crippen molar-refractivity contribution in [1.29, 1.82) is 0 Å². The van der Waals surface area contributed by atoms with Crippen LogP contribution in [0.4, 0.5) is 5.69 Å². The minimum Gasteiger partial charge on any atom is -0.364 e. The molecule has 0 amide bonds. The zero-order valence-electron chi connectivity index (χ0n) is 8.53. The summed E-state index contributed by atoms with van der Waals surface area (Å²) in [5.41, 5.74) is 6.90. The van der Waals surface area contributed by atoms with Crippen LogP contribution in [0.2, 0.25) is 5.02 Å². The molecule has 4 heteroatoms. The van der Waals surface area contributed by atoms with E-state index in [1.807, 2.05) is 30.0 Å². The molecule has 1 unspecified atom stereocenters. The lowest BCUT2D eigenvalue weighted by Crippen LogP contribution is -2.46. The molecule has 1 fully saturated rings. The summed E-state index contributed by atoms with van der Waals surface area (Å²) < 4.78 is 0. The van der Waals surface area contributed by atoms with Crippen molar-refractivity contribution in [3.05, 3.63) is 29.3 Å². The van der Waals surface area contributed by atoms with Crippen molar-refractivity contribution in [3.63, 3.8) is 0 Å². The molecule has 0 bridgehead atoms. The molecular formula is C11H15ClN2S. The molecule has 0 aliphatic carbocycles. The highest BCUT2D eigenvalue weighted by Gasteiger charge is 2.22. The fraction of sp³-hybridized carbons (Fsp3) is 0.455. The first-order valence-electron chi connectivity index (χ1n) is 5.12. The third kappa shape index (κ3) is 2.41. The van der Waals surface area contributed by atoms with E-state index in [4.69, 9.17) is 17.3 Å². The van der Waals surface area contributed by atoms with E-state index < -0.39 is 0 Å². The molecule has 2 rings (SSSR count). The average molecular weight is 243 g/mol. The maximum absolute atomic E-state index is 6.19. The number of nitrogens with zero attached hydrogens (tertiary/aromatic N) is 1. The highest BCUT2D eigenvalue weighted by molar-refractivity contribution is 7.99. The molecule has 0 radical (unpaired) electrons. The zero-order chi connectivity index (χ0) is 10.7. The SMILES string of the molecule is NCC1CSCCN1c1ccccc1Cl. The van der Waals surface area contributed by atoms with E-state index in [2.05, 4.69) is 11.0 Å². The van der Waals surface area contributed by atoms with Crippen LogP contribution >= 0.6 is 23.4 Å². The van der Waals surface area contributed by atoms with E-state index in [0.29, 0.717) is 12.6 Å². The molecule has 1 saturated heterocycles. The van der Waals surface area contributed by atoms with Crippen LogP contribution in [0.1, 0.15) is 0 Å². The number of thioether (sulfide) groups is 1. The molecule has 2 nitrogen and oxygen atoms in total. The molecule has 2 N–H and O–H groups in total. The topological polar surface area (TPSA) is 29.3 Å². The normalized spacial score (nSPS) is 21.7. The zero-order valence-corrected chi connectivity index (χ0v) is 10.1. The fourth-order valence-electron chi connectivity index (χ4n) is 1.85. The van der Waals surface area contributed by atoms with Crippen molar-refractivity contribution in [2.45, 2.75) is 6.04 Å². The van der Waals surface area contributed by atoms with Gasteiger partial charge in [-0.3, -0.25) is 0 Å². The van der Waals surface area contributed by atoms with Crippen LogP contribution in [-0.2, 0) is 0 Å². The van der Waals surface area contributed by atoms with Gasteiger partial charge in [0, 0.05) is 24.6 Å². The standard InChI is InChI=1S/C11H15ClN2S/c12-10-3-1-2-4-11(10)14-5-6-15-8-9(14)7-13/h1-4,9H,5-8,13H2. The van der Waals surface area contributed by atoms with Gasteiger partial charge >= 0.3 is 0 Å². The van der Waals surface area contributed by atoms with E-state index in [-0.39, 0.29) is 0 Å². The molecule has 1 aromatic carbocycles. The Kier molecular flexibility index (Phi) is 3.78. The monoisotopic (exact) mass is 242 g/mol. The first-order chi connectivity index (χ1) is 7.33. The van der Waals surface area contributed by atoms with Gasteiger partial charge in [0.05, 0.1) is 16.8 Å². The number of para-hydroxylation sites is 1. The summed E-state index contributed by atoms with van der Waals surface area (Å²) in [4.78, 5) is 2.33. The number of anilines is 1. The number of benzene rings is 1. The Labute approximate surface area is 99.8 Å². The molecule has 0 saturated carbocycles. The van der Waals surface area contributed by atoms with Crippen LogP contribution in [-0.4, -0.2) is 30.6 Å². The summed E-state index contributed by atoms with van der Waals surface area (Å²) >= 11 is 8.16. The highest BCUT2D eigenvalue weighted by atomic mass is 35.5. The van der Waals surface area contributed by atoms with Gasteiger partial charge in [0.1, 0.15) is 0 Å². The second kappa shape index (κ2) is 5.10. The van der Waals surface area contributed by atoms with Crippen molar-refractivity contribution in [1.82, 2.24) is 0 Å². The highest BCUT2D eigenvalue weighted by Crippen LogP contribution is 2.29. The number of nitrogens with two attached hydrogens (primary N) is 1. The van der Waals surface area contributed by atoms with Gasteiger partial charge in [-0.1, -0.05) is 23.7 Å². The van der Waals surface area contributed by atoms with Crippen LogP contribution < -0.4 is 10.6 Å². The average Bonchev–Trinajstić information content (AvgIpc) is 2.30. The van der Waals surface area contributed by atoms with Crippen LogP contribution in [0.25, 0.3) is 0 Å². The van der Waals surface area contributed by atoms with Gasteiger partial charge < -0.3 is 10.6 Å². The lowest BCUT2D eigenvalue weighted by atomic mass is 10.2. The summed E-state index contributed by atoms with van der Waals surface area (Å²) in [5, 5.41) is 0.822. The molecular weight excluding hydrogens is 228 g/mol. The smallest absolute Gasteiger partial charge is 0.0639 e. The van der Waals surface area contributed by atoms with E-state index in [0.717, 1.165) is 28.8 Å².